The van der Waals surface area contributed by atoms with Crippen LogP contribution in [0.1, 0.15) is 28.8 Å². The molecule has 1 aliphatic carbocycles. The van der Waals surface area contributed by atoms with Crippen molar-refractivity contribution in [2.45, 2.75) is 37.8 Å². The van der Waals surface area contributed by atoms with E-state index >= 15 is 0 Å². The van der Waals surface area contributed by atoms with Gasteiger partial charge in [-0.25, -0.2) is 4.98 Å². The molecule has 2 aromatic carbocycles. The van der Waals surface area contributed by atoms with Gasteiger partial charge in [-0.15, -0.1) is 11.3 Å². The molecule has 5 nitrogen and oxygen atoms in total. The monoisotopic (exact) mass is 617 g/mol. The highest BCUT2D eigenvalue weighted by Crippen LogP contribution is 2.35. The molecule has 0 radical (unpaired) electrons. The SMILES string of the molecule is Cc1cc(Br)ccc1NC(=O)CSc1nc2sc3c(c2c(=O)n1-c1ccc(Br)cc1)CCCC3. The number of nitrogens with zero attached hydrogens (tertiary/aromatic N) is 2. The van der Waals surface area contributed by atoms with Gasteiger partial charge in [0, 0.05) is 19.5 Å². The van der Waals surface area contributed by atoms with Crippen LogP contribution < -0.4 is 10.9 Å². The van der Waals surface area contributed by atoms with Crippen LogP contribution in [0.3, 0.4) is 0 Å². The number of thiophene rings is 1. The van der Waals surface area contributed by atoms with Crippen LogP contribution in [0.15, 0.2) is 61.4 Å². The lowest BCUT2D eigenvalue weighted by molar-refractivity contribution is -0.113. The molecule has 0 saturated carbocycles. The molecule has 1 N–H and O–H groups in total. The fraction of sp³-hybridized carbons (Fsp3) is 0.240. The Labute approximate surface area is 222 Å². The van der Waals surface area contributed by atoms with Crippen LogP contribution in [0.5, 0.6) is 0 Å². The summed E-state index contributed by atoms with van der Waals surface area (Å²) in [6.07, 6.45) is 4.18. The first kappa shape index (κ1) is 23.8. The number of carbonyl (C=O) groups is 1. The lowest BCUT2D eigenvalue weighted by Gasteiger charge is -2.14. The van der Waals surface area contributed by atoms with Gasteiger partial charge in [-0.1, -0.05) is 43.6 Å². The van der Waals surface area contributed by atoms with Gasteiger partial charge in [0.25, 0.3) is 5.56 Å². The van der Waals surface area contributed by atoms with Crippen molar-refractivity contribution in [1.29, 1.82) is 0 Å². The Bertz CT molecular complexity index is 1460. The summed E-state index contributed by atoms with van der Waals surface area (Å²) in [4.78, 5) is 33.5. The minimum absolute atomic E-state index is 0.0571. The molecule has 2 heterocycles. The first-order valence-corrected chi connectivity index (χ1v) is 14.3. The Kier molecular flexibility index (Phi) is 6.97. The molecule has 0 spiro atoms. The zero-order valence-electron chi connectivity index (χ0n) is 18.4. The van der Waals surface area contributed by atoms with E-state index in [1.807, 2.05) is 49.4 Å². The number of thioether (sulfide) groups is 1. The molecule has 0 bridgehead atoms. The number of amides is 1. The Morgan fingerprint density at radius 3 is 2.62 bits per heavy atom. The van der Waals surface area contributed by atoms with Crippen molar-refractivity contribution in [2.75, 3.05) is 11.1 Å². The smallest absolute Gasteiger partial charge is 0.267 e. The molecule has 1 amide bonds. The van der Waals surface area contributed by atoms with Crippen LogP contribution in [0.25, 0.3) is 15.9 Å². The van der Waals surface area contributed by atoms with Gasteiger partial charge >= 0.3 is 0 Å². The van der Waals surface area contributed by atoms with Gasteiger partial charge in [0.05, 0.1) is 16.8 Å². The van der Waals surface area contributed by atoms with Crippen LogP contribution in [0.4, 0.5) is 5.69 Å². The number of hydrogen-bond acceptors (Lipinski definition) is 5. The molecule has 5 rings (SSSR count). The number of hydrogen-bond donors (Lipinski definition) is 1. The average Bonchev–Trinajstić information content (AvgIpc) is 3.19. The maximum atomic E-state index is 13.8. The summed E-state index contributed by atoms with van der Waals surface area (Å²) in [7, 11) is 0. The number of halogens is 2. The van der Waals surface area contributed by atoms with E-state index in [1.54, 1.807) is 15.9 Å². The van der Waals surface area contributed by atoms with Crippen molar-refractivity contribution in [2.24, 2.45) is 0 Å². The standard InChI is InChI=1S/C25H21Br2N3O2S2/c1-14-12-16(27)8-11-19(14)28-21(31)13-33-25-29-23-22(18-4-2-3-5-20(18)34-23)24(32)30(25)17-9-6-15(26)7-10-17/h6-12H,2-5,13H2,1H3,(H,28,31). The highest BCUT2D eigenvalue weighted by atomic mass is 79.9. The average molecular weight is 619 g/mol. The van der Waals surface area contributed by atoms with Crippen LogP contribution in [0.2, 0.25) is 0 Å². The number of rotatable bonds is 5. The fourth-order valence-corrected chi connectivity index (χ4v) is 7.04. The van der Waals surface area contributed by atoms with E-state index in [2.05, 4.69) is 37.2 Å². The summed E-state index contributed by atoms with van der Waals surface area (Å²) in [5.41, 5.74) is 3.59. The molecule has 0 atom stereocenters. The fourth-order valence-electron chi connectivity index (χ4n) is 4.18. The van der Waals surface area contributed by atoms with Crippen LogP contribution in [-0.4, -0.2) is 21.2 Å². The van der Waals surface area contributed by atoms with Gasteiger partial charge in [0.2, 0.25) is 5.91 Å². The number of aryl methyl sites for hydroxylation is 3. The van der Waals surface area contributed by atoms with E-state index < -0.39 is 0 Å². The molecule has 0 fully saturated rings. The van der Waals surface area contributed by atoms with Gasteiger partial charge in [0.1, 0.15) is 4.83 Å². The highest BCUT2D eigenvalue weighted by Gasteiger charge is 2.23. The summed E-state index contributed by atoms with van der Waals surface area (Å²) in [6, 6.07) is 13.3. The topological polar surface area (TPSA) is 64.0 Å². The van der Waals surface area contributed by atoms with Gasteiger partial charge in [-0.2, -0.15) is 0 Å². The van der Waals surface area contributed by atoms with Crippen LogP contribution in [-0.2, 0) is 17.6 Å². The van der Waals surface area contributed by atoms with E-state index in [1.165, 1.54) is 16.6 Å². The largest absolute Gasteiger partial charge is 0.325 e. The normalized spacial score (nSPS) is 13.1. The zero-order valence-corrected chi connectivity index (χ0v) is 23.2. The molecule has 9 heteroatoms. The minimum atomic E-state index is -0.141. The maximum Gasteiger partial charge on any atom is 0.267 e. The second-order valence-electron chi connectivity index (χ2n) is 8.20. The third-order valence-electron chi connectivity index (χ3n) is 5.84. The second-order valence-corrected chi connectivity index (χ2v) is 12.1. The molecule has 0 unspecified atom stereocenters. The lowest BCUT2D eigenvalue weighted by atomic mass is 9.97. The van der Waals surface area contributed by atoms with Crippen molar-refractivity contribution >= 4 is 76.8 Å². The predicted molar refractivity (Wildman–Crippen MR) is 148 cm³/mol. The third-order valence-corrected chi connectivity index (χ3v) is 8.98. The molecule has 174 valence electrons. The summed E-state index contributed by atoms with van der Waals surface area (Å²) in [5.74, 6) is 0.00677. The number of benzene rings is 2. The van der Waals surface area contributed by atoms with Gasteiger partial charge < -0.3 is 5.32 Å². The molecule has 34 heavy (non-hydrogen) atoms. The minimum Gasteiger partial charge on any atom is -0.325 e. The van der Waals surface area contributed by atoms with E-state index in [0.29, 0.717) is 5.16 Å². The van der Waals surface area contributed by atoms with Crippen molar-refractivity contribution in [3.8, 4) is 5.69 Å². The molecule has 1 aliphatic rings. The lowest BCUT2D eigenvalue weighted by Crippen LogP contribution is -2.23. The number of fused-ring (bicyclic) bond motifs is 3. The Hall–Kier alpha value is -1.94. The van der Waals surface area contributed by atoms with Gasteiger partial charge in [-0.3, -0.25) is 14.2 Å². The molecule has 4 aromatic rings. The number of anilines is 1. The number of aromatic nitrogens is 2. The van der Waals surface area contributed by atoms with E-state index in [9.17, 15) is 9.59 Å². The summed E-state index contributed by atoms with van der Waals surface area (Å²) in [5, 5.41) is 4.23. The summed E-state index contributed by atoms with van der Waals surface area (Å²) in [6.45, 7) is 1.95. The maximum absolute atomic E-state index is 13.8. The first-order valence-electron chi connectivity index (χ1n) is 10.9. The Balaban J connectivity index is 1.51. The van der Waals surface area contributed by atoms with Crippen molar-refractivity contribution in [1.82, 2.24) is 9.55 Å². The van der Waals surface area contributed by atoms with Crippen molar-refractivity contribution < 1.29 is 4.79 Å². The van der Waals surface area contributed by atoms with Gasteiger partial charge in [0.15, 0.2) is 5.16 Å². The number of nitrogens with one attached hydrogen (secondary N) is 1. The molecular formula is C25H21Br2N3O2S2. The zero-order chi connectivity index (χ0) is 23.8. The van der Waals surface area contributed by atoms with E-state index in [0.717, 1.165) is 67.3 Å². The van der Waals surface area contributed by atoms with E-state index in [-0.39, 0.29) is 17.2 Å². The first-order chi connectivity index (χ1) is 16.4. The van der Waals surface area contributed by atoms with E-state index in [4.69, 9.17) is 4.98 Å². The summed E-state index contributed by atoms with van der Waals surface area (Å²) >= 11 is 9.82. The molecular weight excluding hydrogens is 598 g/mol. The predicted octanol–water partition coefficient (Wildman–Crippen LogP) is 6.89. The number of carbonyl (C=O) groups excluding carboxylic acids is 1. The van der Waals surface area contributed by atoms with Crippen LogP contribution in [0, 0.1) is 6.92 Å². The molecule has 2 aromatic heterocycles. The second kappa shape index (κ2) is 9.97. The van der Waals surface area contributed by atoms with Crippen LogP contribution >= 0.6 is 55.0 Å². The van der Waals surface area contributed by atoms with Crippen molar-refractivity contribution in [3.05, 3.63) is 77.8 Å². The molecule has 0 aliphatic heterocycles. The third kappa shape index (κ3) is 4.76. The quantitative estimate of drug-likeness (QED) is 0.195. The molecule has 0 saturated heterocycles. The van der Waals surface area contributed by atoms with Gasteiger partial charge in [-0.05, 0) is 86.2 Å². The Morgan fingerprint density at radius 1 is 1.12 bits per heavy atom. The summed E-state index contributed by atoms with van der Waals surface area (Å²) < 4.78 is 3.55. The highest BCUT2D eigenvalue weighted by molar-refractivity contribution is 9.10. The Morgan fingerprint density at radius 2 is 1.85 bits per heavy atom. The van der Waals surface area contributed by atoms with Crippen molar-refractivity contribution in [3.63, 3.8) is 0 Å².